The lowest BCUT2D eigenvalue weighted by molar-refractivity contribution is 1.43. The Balaban J connectivity index is 3.40. The van der Waals surface area contributed by atoms with Gasteiger partial charge in [-0.15, -0.1) is 0 Å². The summed E-state index contributed by atoms with van der Waals surface area (Å²) in [5.41, 5.74) is 14.1. The van der Waals surface area contributed by atoms with Gasteiger partial charge in [-0.2, -0.15) is 0 Å². The Kier molecular flexibility index (Phi) is 1.81. The quantitative estimate of drug-likeness (QED) is 0.414. The third-order valence-electron chi connectivity index (χ3n) is 1.73. The van der Waals surface area contributed by atoms with Crippen LogP contribution in [0.5, 0.6) is 0 Å². The summed E-state index contributed by atoms with van der Waals surface area (Å²) in [7, 11) is 0. The smallest absolute Gasteiger partial charge is 0.0407 e. The van der Waals surface area contributed by atoms with Crippen LogP contribution in [0.2, 0.25) is 0 Å². The van der Waals surface area contributed by atoms with Gasteiger partial charge in [0, 0.05) is 23.2 Å². The molecule has 11 heavy (non-hydrogen) atoms. The molecule has 3 heteroatoms. The SMILES string of the molecule is Cc1c(N)ccc(N)c1C=N. The normalized spacial score (nSPS) is 9.55. The molecular formula is C8H11N3. The molecule has 0 saturated carbocycles. The molecule has 0 unspecified atom stereocenters. The highest BCUT2D eigenvalue weighted by molar-refractivity contribution is 5.89. The van der Waals surface area contributed by atoms with E-state index >= 15 is 0 Å². The van der Waals surface area contributed by atoms with E-state index in [4.69, 9.17) is 16.9 Å². The van der Waals surface area contributed by atoms with E-state index in [1.165, 1.54) is 6.21 Å². The summed E-state index contributed by atoms with van der Waals surface area (Å²) in [4.78, 5) is 0. The molecule has 0 saturated heterocycles. The van der Waals surface area contributed by atoms with Crippen LogP contribution in [-0.2, 0) is 0 Å². The second kappa shape index (κ2) is 2.62. The fourth-order valence-electron chi connectivity index (χ4n) is 0.958. The average Bonchev–Trinajstić information content (AvgIpc) is 1.99. The molecule has 0 aliphatic rings. The first kappa shape index (κ1) is 7.60. The standard InChI is InChI=1S/C8H11N3/c1-5-6(4-9)8(11)3-2-7(5)10/h2-4,9H,10-11H2,1H3. The van der Waals surface area contributed by atoms with Crippen molar-refractivity contribution in [1.82, 2.24) is 0 Å². The lowest BCUT2D eigenvalue weighted by Gasteiger charge is -2.05. The average molecular weight is 149 g/mol. The van der Waals surface area contributed by atoms with Crippen LogP contribution in [0, 0.1) is 12.3 Å². The van der Waals surface area contributed by atoms with Gasteiger partial charge in [0.1, 0.15) is 0 Å². The van der Waals surface area contributed by atoms with E-state index in [1.54, 1.807) is 12.1 Å². The second-order valence-electron chi connectivity index (χ2n) is 2.43. The number of hydrogen-bond donors (Lipinski definition) is 3. The summed E-state index contributed by atoms with van der Waals surface area (Å²) in [6.07, 6.45) is 1.22. The lowest BCUT2D eigenvalue weighted by Crippen LogP contribution is -1.99. The molecule has 5 N–H and O–H groups in total. The van der Waals surface area contributed by atoms with Crippen LogP contribution in [0.1, 0.15) is 11.1 Å². The number of nitrogen functional groups attached to an aromatic ring is 2. The number of nitrogens with two attached hydrogens (primary N) is 2. The predicted octanol–water partition coefficient (Wildman–Crippen LogP) is 1.16. The Morgan fingerprint density at radius 3 is 2.27 bits per heavy atom. The highest BCUT2D eigenvalue weighted by Gasteiger charge is 2.01. The molecule has 0 heterocycles. The number of anilines is 2. The molecule has 0 fully saturated rings. The van der Waals surface area contributed by atoms with E-state index in [0.29, 0.717) is 16.9 Å². The van der Waals surface area contributed by atoms with Crippen LogP contribution in [0.25, 0.3) is 0 Å². The van der Waals surface area contributed by atoms with Crippen LogP contribution in [0.4, 0.5) is 11.4 Å². The van der Waals surface area contributed by atoms with Gasteiger partial charge in [-0.05, 0) is 24.6 Å². The molecule has 1 aromatic rings. The van der Waals surface area contributed by atoms with Crippen molar-refractivity contribution in [2.45, 2.75) is 6.92 Å². The number of hydrogen-bond acceptors (Lipinski definition) is 3. The molecule has 0 aromatic heterocycles. The fraction of sp³-hybridized carbons (Fsp3) is 0.125. The molecule has 0 bridgehead atoms. The number of nitrogens with one attached hydrogen (secondary N) is 1. The van der Waals surface area contributed by atoms with Crippen LogP contribution in [-0.4, -0.2) is 6.21 Å². The van der Waals surface area contributed by atoms with Crippen molar-refractivity contribution in [3.05, 3.63) is 23.3 Å². The van der Waals surface area contributed by atoms with Gasteiger partial charge in [-0.25, -0.2) is 0 Å². The molecule has 0 atom stereocenters. The monoisotopic (exact) mass is 149 g/mol. The van der Waals surface area contributed by atoms with Crippen molar-refractivity contribution >= 4 is 17.6 Å². The first-order chi connectivity index (χ1) is 5.16. The summed E-state index contributed by atoms with van der Waals surface area (Å²) in [6, 6.07) is 3.46. The molecule has 3 nitrogen and oxygen atoms in total. The lowest BCUT2D eigenvalue weighted by atomic mass is 10.1. The van der Waals surface area contributed by atoms with E-state index in [9.17, 15) is 0 Å². The molecule has 0 spiro atoms. The van der Waals surface area contributed by atoms with Crippen LogP contribution in [0.3, 0.4) is 0 Å². The summed E-state index contributed by atoms with van der Waals surface area (Å²) in [5, 5.41) is 7.06. The van der Waals surface area contributed by atoms with Crippen LogP contribution in [0.15, 0.2) is 12.1 Å². The largest absolute Gasteiger partial charge is 0.398 e. The van der Waals surface area contributed by atoms with Crippen molar-refractivity contribution in [3.8, 4) is 0 Å². The van der Waals surface area contributed by atoms with Gasteiger partial charge in [0.25, 0.3) is 0 Å². The molecule has 1 aromatic carbocycles. The zero-order valence-corrected chi connectivity index (χ0v) is 6.39. The molecule has 58 valence electrons. The Morgan fingerprint density at radius 2 is 1.82 bits per heavy atom. The summed E-state index contributed by atoms with van der Waals surface area (Å²) in [5.74, 6) is 0. The maximum Gasteiger partial charge on any atom is 0.0407 e. The molecule has 0 amide bonds. The highest BCUT2D eigenvalue weighted by atomic mass is 14.6. The van der Waals surface area contributed by atoms with Crippen molar-refractivity contribution in [3.63, 3.8) is 0 Å². The van der Waals surface area contributed by atoms with E-state index < -0.39 is 0 Å². The summed E-state index contributed by atoms with van der Waals surface area (Å²) >= 11 is 0. The van der Waals surface area contributed by atoms with Crippen molar-refractivity contribution in [2.75, 3.05) is 11.5 Å². The molecule has 1 rings (SSSR count). The first-order valence-corrected chi connectivity index (χ1v) is 3.32. The highest BCUT2D eigenvalue weighted by Crippen LogP contribution is 2.19. The zero-order chi connectivity index (χ0) is 8.43. The predicted molar refractivity (Wildman–Crippen MR) is 47.9 cm³/mol. The minimum absolute atomic E-state index is 0.603. The molecule has 0 aliphatic heterocycles. The van der Waals surface area contributed by atoms with Gasteiger partial charge >= 0.3 is 0 Å². The summed E-state index contributed by atoms with van der Waals surface area (Å²) < 4.78 is 0. The van der Waals surface area contributed by atoms with Gasteiger partial charge in [0.15, 0.2) is 0 Å². The van der Waals surface area contributed by atoms with Crippen LogP contribution < -0.4 is 11.5 Å². The van der Waals surface area contributed by atoms with Crippen LogP contribution >= 0.6 is 0 Å². The minimum Gasteiger partial charge on any atom is -0.398 e. The van der Waals surface area contributed by atoms with E-state index in [-0.39, 0.29) is 0 Å². The summed E-state index contributed by atoms with van der Waals surface area (Å²) in [6.45, 7) is 1.85. The maximum atomic E-state index is 7.06. The van der Waals surface area contributed by atoms with E-state index in [1.807, 2.05) is 6.92 Å². The minimum atomic E-state index is 0.603. The number of benzene rings is 1. The molecular weight excluding hydrogens is 138 g/mol. The first-order valence-electron chi connectivity index (χ1n) is 3.32. The molecule has 0 radical (unpaired) electrons. The van der Waals surface area contributed by atoms with Crippen molar-refractivity contribution in [1.29, 1.82) is 5.41 Å². The second-order valence-corrected chi connectivity index (χ2v) is 2.43. The topological polar surface area (TPSA) is 75.9 Å². The van der Waals surface area contributed by atoms with Gasteiger partial charge < -0.3 is 16.9 Å². The van der Waals surface area contributed by atoms with Gasteiger partial charge in [0.2, 0.25) is 0 Å². The Bertz CT molecular complexity index is 292. The third kappa shape index (κ3) is 1.17. The van der Waals surface area contributed by atoms with Crippen molar-refractivity contribution in [2.24, 2.45) is 0 Å². The van der Waals surface area contributed by atoms with Gasteiger partial charge in [-0.1, -0.05) is 0 Å². The Morgan fingerprint density at radius 1 is 1.27 bits per heavy atom. The number of rotatable bonds is 1. The van der Waals surface area contributed by atoms with E-state index in [2.05, 4.69) is 0 Å². The zero-order valence-electron chi connectivity index (χ0n) is 6.39. The fourth-order valence-corrected chi connectivity index (χ4v) is 0.958. The third-order valence-corrected chi connectivity index (χ3v) is 1.73. The Hall–Kier alpha value is -1.51. The Labute approximate surface area is 65.5 Å². The molecule has 0 aliphatic carbocycles. The van der Waals surface area contributed by atoms with E-state index in [0.717, 1.165) is 5.56 Å². The van der Waals surface area contributed by atoms with Gasteiger partial charge in [0.05, 0.1) is 0 Å². The van der Waals surface area contributed by atoms with Gasteiger partial charge in [-0.3, -0.25) is 0 Å². The maximum absolute atomic E-state index is 7.06. The van der Waals surface area contributed by atoms with Crippen molar-refractivity contribution < 1.29 is 0 Å².